The molecular formula is C10H9ClN2S. The van der Waals surface area contributed by atoms with Crippen molar-refractivity contribution in [3.05, 3.63) is 35.0 Å². The number of anilines is 1. The van der Waals surface area contributed by atoms with Gasteiger partial charge in [-0.3, -0.25) is 0 Å². The van der Waals surface area contributed by atoms with Gasteiger partial charge in [0, 0.05) is 0 Å². The van der Waals surface area contributed by atoms with Gasteiger partial charge in [-0.15, -0.1) is 0 Å². The molecule has 0 aliphatic rings. The maximum Gasteiger partial charge on any atom is 0.0641 e. The minimum atomic E-state index is 0.591. The van der Waals surface area contributed by atoms with Crippen molar-refractivity contribution in [3.8, 4) is 10.4 Å². The Balaban J connectivity index is 2.47. The summed E-state index contributed by atoms with van der Waals surface area (Å²) in [5.74, 6) is 0. The second-order valence-electron chi connectivity index (χ2n) is 3.07. The molecule has 0 atom stereocenters. The SMILES string of the molecule is Cc1cc(-c2ccc(N)c(Cl)c2)sn1. The first-order valence-electron chi connectivity index (χ1n) is 4.15. The number of hydrogen-bond donors (Lipinski definition) is 1. The number of nitrogens with zero attached hydrogens (tertiary/aromatic N) is 1. The topological polar surface area (TPSA) is 38.9 Å². The van der Waals surface area contributed by atoms with Crippen molar-refractivity contribution in [3.63, 3.8) is 0 Å². The standard InChI is InChI=1S/C10H9ClN2S/c1-6-4-10(14-13-6)7-2-3-9(12)8(11)5-7/h2-5H,12H2,1H3. The fourth-order valence-electron chi connectivity index (χ4n) is 1.18. The molecule has 1 heterocycles. The number of halogens is 1. The van der Waals surface area contributed by atoms with E-state index < -0.39 is 0 Å². The number of aromatic nitrogens is 1. The van der Waals surface area contributed by atoms with Crippen LogP contribution in [0, 0.1) is 6.92 Å². The third-order valence-electron chi connectivity index (χ3n) is 1.91. The van der Waals surface area contributed by atoms with Crippen LogP contribution in [0.25, 0.3) is 10.4 Å². The molecule has 0 saturated heterocycles. The maximum absolute atomic E-state index is 5.93. The lowest BCUT2D eigenvalue weighted by Gasteiger charge is -2.00. The number of rotatable bonds is 1. The minimum absolute atomic E-state index is 0.591. The van der Waals surface area contributed by atoms with E-state index in [-0.39, 0.29) is 0 Å². The Hall–Kier alpha value is -1.06. The third-order valence-corrected chi connectivity index (χ3v) is 3.17. The molecule has 0 radical (unpaired) electrons. The number of hydrogen-bond acceptors (Lipinski definition) is 3. The van der Waals surface area contributed by atoms with Gasteiger partial charge in [-0.2, -0.15) is 4.37 Å². The highest BCUT2D eigenvalue weighted by Gasteiger charge is 2.03. The summed E-state index contributed by atoms with van der Waals surface area (Å²) in [5.41, 5.74) is 8.33. The molecule has 0 fully saturated rings. The van der Waals surface area contributed by atoms with Gasteiger partial charge in [0.2, 0.25) is 0 Å². The highest BCUT2D eigenvalue weighted by Crippen LogP contribution is 2.29. The normalized spacial score (nSPS) is 10.4. The molecule has 1 aromatic heterocycles. The highest BCUT2D eigenvalue weighted by molar-refractivity contribution is 7.09. The van der Waals surface area contributed by atoms with Gasteiger partial charge in [0.05, 0.1) is 21.3 Å². The Morgan fingerprint density at radius 2 is 2.14 bits per heavy atom. The van der Waals surface area contributed by atoms with Crippen LogP contribution in [0.4, 0.5) is 5.69 Å². The summed E-state index contributed by atoms with van der Waals surface area (Å²) in [6.07, 6.45) is 0. The van der Waals surface area contributed by atoms with E-state index >= 15 is 0 Å². The molecule has 14 heavy (non-hydrogen) atoms. The molecule has 2 nitrogen and oxygen atoms in total. The van der Waals surface area contributed by atoms with Crippen LogP contribution < -0.4 is 5.73 Å². The molecule has 0 bridgehead atoms. The van der Waals surface area contributed by atoms with E-state index in [0.717, 1.165) is 16.1 Å². The molecule has 0 aliphatic heterocycles. The predicted octanol–water partition coefficient (Wildman–Crippen LogP) is 3.35. The Kier molecular flexibility index (Phi) is 2.44. The van der Waals surface area contributed by atoms with Crippen LogP contribution in [-0.2, 0) is 0 Å². The zero-order valence-corrected chi connectivity index (χ0v) is 9.19. The molecule has 2 N–H and O–H groups in total. The first-order chi connectivity index (χ1) is 6.66. The van der Waals surface area contributed by atoms with Crippen LogP contribution >= 0.6 is 23.1 Å². The van der Waals surface area contributed by atoms with E-state index in [2.05, 4.69) is 4.37 Å². The van der Waals surface area contributed by atoms with Crippen LogP contribution in [0.3, 0.4) is 0 Å². The molecule has 0 unspecified atom stereocenters. The van der Waals surface area contributed by atoms with Crippen LogP contribution in [0.2, 0.25) is 5.02 Å². The van der Waals surface area contributed by atoms with Gasteiger partial charge in [-0.05, 0) is 42.2 Å². The van der Waals surface area contributed by atoms with Gasteiger partial charge in [-0.25, -0.2) is 0 Å². The van der Waals surface area contributed by atoms with Gasteiger partial charge in [0.1, 0.15) is 0 Å². The molecule has 72 valence electrons. The zero-order chi connectivity index (χ0) is 10.1. The van der Waals surface area contributed by atoms with Crippen molar-refractivity contribution >= 4 is 28.8 Å². The van der Waals surface area contributed by atoms with Crippen LogP contribution in [-0.4, -0.2) is 4.37 Å². The Labute approximate surface area is 91.5 Å². The monoisotopic (exact) mass is 224 g/mol. The van der Waals surface area contributed by atoms with Crippen LogP contribution in [0.5, 0.6) is 0 Å². The summed E-state index contributed by atoms with van der Waals surface area (Å²) in [5, 5.41) is 0.591. The number of aryl methyl sites for hydroxylation is 1. The summed E-state index contributed by atoms with van der Waals surface area (Å²) in [4.78, 5) is 1.12. The predicted molar refractivity (Wildman–Crippen MR) is 61.7 cm³/mol. The minimum Gasteiger partial charge on any atom is -0.398 e. The average molecular weight is 225 g/mol. The molecule has 0 amide bonds. The van der Waals surface area contributed by atoms with E-state index in [1.165, 1.54) is 11.5 Å². The van der Waals surface area contributed by atoms with Crippen molar-refractivity contribution in [2.24, 2.45) is 0 Å². The quantitative estimate of drug-likeness (QED) is 0.755. The average Bonchev–Trinajstić information content (AvgIpc) is 2.57. The Morgan fingerprint density at radius 1 is 1.36 bits per heavy atom. The second-order valence-corrected chi connectivity index (χ2v) is 4.28. The van der Waals surface area contributed by atoms with E-state index in [1.807, 2.05) is 31.2 Å². The highest BCUT2D eigenvalue weighted by atomic mass is 35.5. The molecule has 2 aromatic rings. The summed E-state index contributed by atoms with van der Waals surface area (Å²) in [6.45, 7) is 1.97. The van der Waals surface area contributed by atoms with Gasteiger partial charge in [-0.1, -0.05) is 17.7 Å². The van der Waals surface area contributed by atoms with Crippen LogP contribution in [0.15, 0.2) is 24.3 Å². The molecular weight excluding hydrogens is 216 g/mol. The van der Waals surface area contributed by atoms with E-state index in [0.29, 0.717) is 10.7 Å². The number of nitrogens with two attached hydrogens (primary N) is 1. The molecule has 0 aliphatic carbocycles. The summed E-state index contributed by atoms with van der Waals surface area (Å²) in [6, 6.07) is 7.66. The lowest BCUT2D eigenvalue weighted by molar-refractivity contribution is 1.35. The number of benzene rings is 1. The van der Waals surface area contributed by atoms with E-state index in [4.69, 9.17) is 17.3 Å². The largest absolute Gasteiger partial charge is 0.398 e. The molecule has 0 saturated carbocycles. The smallest absolute Gasteiger partial charge is 0.0641 e. The Morgan fingerprint density at radius 3 is 2.71 bits per heavy atom. The molecule has 0 spiro atoms. The molecule has 1 aromatic carbocycles. The van der Waals surface area contributed by atoms with Crippen molar-refractivity contribution in [2.45, 2.75) is 6.92 Å². The first-order valence-corrected chi connectivity index (χ1v) is 5.30. The maximum atomic E-state index is 5.93. The van der Waals surface area contributed by atoms with Crippen molar-refractivity contribution in [2.75, 3.05) is 5.73 Å². The Bertz CT molecular complexity index is 465. The fourth-order valence-corrected chi connectivity index (χ4v) is 2.11. The van der Waals surface area contributed by atoms with Gasteiger partial charge in [0.15, 0.2) is 0 Å². The second kappa shape index (κ2) is 3.59. The van der Waals surface area contributed by atoms with Crippen molar-refractivity contribution in [1.82, 2.24) is 4.37 Å². The fraction of sp³-hybridized carbons (Fsp3) is 0.100. The lowest BCUT2D eigenvalue weighted by Crippen LogP contribution is -1.85. The van der Waals surface area contributed by atoms with E-state index in [9.17, 15) is 0 Å². The third kappa shape index (κ3) is 1.74. The molecule has 4 heteroatoms. The van der Waals surface area contributed by atoms with Crippen molar-refractivity contribution in [1.29, 1.82) is 0 Å². The molecule has 2 rings (SSSR count). The first kappa shape index (κ1) is 9.49. The van der Waals surface area contributed by atoms with Gasteiger partial charge in [0.25, 0.3) is 0 Å². The van der Waals surface area contributed by atoms with Crippen molar-refractivity contribution < 1.29 is 0 Å². The summed E-state index contributed by atoms with van der Waals surface area (Å²) >= 11 is 7.40. The lowest BCUT2D eigenvalue weighted by atomic mass is 10.1. The summed E-state index contributed by atoms with van der Waals surface area (Å²) < 4.78 is 4.21. The van der Waals surface area contributed by atoms with Gasteiger partial charge >= 0.3 is 0 Å². The van der Waals surface area contributed by atoms with E-state index in [1.54, 1.807) is 0 Å². The van der Waals surface area contributed by atoms with Gasteiger partial charge < -0.3 is 5.73 Å². The van der Waals surface area contributed by atoms with Crippen LogP contribution in [0.1, 0.15) is 5.69 Å². The number of nitrogen functional groups attached to an aromatic ring is 1. The summed E-state index contributed by atoms with van der Waals surface area (Å²) in [7, 11) is 0. The zero-order valence-electron chi connectivity index (χ0n) is 7.62.